The lowest BCUT2D eigenvalue weighted by atomic mass is 9.80. The summed E-state index contributed by atoms with van der Waals surface area (Å²) >= 11 is 0. The number of esters is 1. The molecule has 0 N–H and O–H groups in total. The van der Waals surface area contributed by atoms with Crippen molar-refractivity contribution in [3.05, 3.63) is 229 Å². The van der Waals surface area contributed by atoms with Crippen LogP contribution in [0.4, 0.5) is 0 Å². The number of cyclic esters (lactones) is 1. The zero-order valence-electron chi connectivity index (χ0n) is 31.1. The summed E-state index contributed by atoms with van der Waals surface area (Å²) < 4.78 is 31.3. The fraction of sp³-hybridized carbons (Fsp3) is 0.0192. The largest absolute Gasteiger partial charge is 0.457 e. The molecule has 10 rings (SSSR count). The van der Waals surface area contributed by atoms with E-state index in [1.807, 2.05) is 164 Å². The molecule has 6 heteroatoms. The lowest BCUT2D eigenvalue weighted by Gasteiger charge is -2.30. The van der Waals surface area contributed by atoms with Crippen LogP contribution in [0.25, 0.3) is 21.5 Å². The van der Waals surface area contributed by atoms with Crippen LogP contribution in [0, 0.1) is 0 Å². The second-order valence-electron chi connectivity index (χ2n) is 14.0. The van der Waals surface area contributed by atoms with Gasteiger partial charge in [0, 0.05) is 27.5 Å². The molecule has 9 aromatic carbocycles. The van der Waals surface area contributed by atoms with E-state index in [2.05, 4.69) is 36.4 Å². The first-order valence-corrected chi connectivity index (χ1v) is 19.0. The first-order valence-electron chi connectivity index (χ1n) is 19.0. The van der Waals surface area contributed by atoms with Gasteiger partial charge < -0.3 is 23.7 Å². The van der Waals surface area contributed by atoms with Gasteiger partial charge in [0.1, 0.15) is 46.0 Å². The van der Waals surface area contributed by atoms with Crippen molar-refractivity contribution in [3.8, 4) is 46.0 Å². The molecule has 1 heterocycles. The summed E-state index contributed by atoms with van der Waals surface area (Å²) in [4.78, 5) is 13.4. The molecule has 1 aliphatic heterocycles. The predicted molar refractivity (Wildman–Crippen MR) is 226 cm³/mol. The van der Waals surface area contributed by atoms with Crippen LogP contribution in [0.5, 0.6) is 46.0 Å². The number of hydrogen-bond donors (Lipinski definition) is 0. The maximum atomic E-state index is 13.4. The van der Waals surface area contributed by atoms with Crippen LogP contribution in [0.2, 0.25) is 0 Å². The Morgan fingerprint density at radius 3 is 1.17 bits per heavy atom. The molecule has 0 amide bonds. The Bertz CT molecular complexity index is 2740. The summed E-state index contributed by atoms with van der Waals surface area (Å²) in [6, 6.07) is 66.2. The van der Waals surface area contributed by atoms with Crippen LogP contribution in [-0.2, 0) is 10.3 Å². The number of benzene rings is 9. The van der Waals surface area contributed by atoms with Crippen molar-refractivity contribution in [2.24, 2.45) is 0 Å². The molecule has 278 valence electrons. The van der Waals surface area contributed by atoms with Gasteiger partial charge in [0.15, 0.2) is 5.60 Å². The van der Waals surface area contributed by atoms with Gasteiger partial charge in [-0.3, -0.25) is 0 Å². The molecular formula is C52H34O6. The third-order valence-electron chi connectivity index (χ3n) is 10.4. The molecule has 1 aliphatic rings. The fourth-order valence-electron chi connectivity index (χ4n) is 7.57. The van der Waals surface area contributed by atoms with Crippen molar-refractivity contribution in [3.63, 3.8) is 0 Å². The topological polar surface area (TPSA) is 63.2 Å². The average Bonchev–Trinajstić information content (AvgIpc) is 3.58. The van der Waals surface area contributed by atoms with E-state index < -0.39 is 5.60 Å². The molecule has 0 bridgehead atoms. The Kier molecular flexibility index (Phi) is 8.77. The Balaban J connectivity index is 0.866. The molecule has 0 fully saturated rings. The number of hydrogen-bond acceptors (Lipinski definition) is 6. The zero-order valence-corrected chi connectivity index (χ0v) is 31.1. The van der Waals surface area contributed by atoms with E-state index in [4.69, 9.17) is 23.7 Å². The summed E-state index contributed by atoms with van der Waals surface area (Å²) in [5, 5.41) is 4.34. The van der Waals surface area contributed by atoms with Crippen LogP contribution in [0.3, 0.4) is 0 Å². The first kappa shape index (κ1) is 34.6. The number of carbonyl (C=O) groups excluding carboxylic acids is 1. The molecule has 0 saturated heterocycles. The third-order valence-corrected chi connectivity index (χ3v) is 10.4. The molecule has 6 nitrogen and oxygen atoms in total. The number of carbonyl (C=O) groups is 1. The molecule has 58 heavy (non-hydrogen) atoms. The SMILES string of the molecule is O=C1OC(c2ccc(Oc3ccc(Oc4cccc5ccccc45)cc3)cc2)(c2ccc(Oc3ccc(Oc4cccc5ccccc45)cc3)cc2)c2ccccc21. The Morgan fingerprint density at radius 2 is 0.707 bits per heavy atom. The molecule has 0 aromatic heterocycles. The monoisotopic (exact) mass is 754 g/mol. The van der Waals surface area contributed by atoms with Crippen LogP contribution < -0.4 is 18.9 Å². The van der Waals surface area contributed by atoms with E-state index in [0.717, 1.165) is 49.7 Å². The molecule has 0 atom stereocenters. The molecule has 0 aliphatic carbocycles. The third kappa shape index (κ3) is 6.52. The zero-order chi connectivity index (χ0) is 38.9. The van der Waals surface area contributed by atoms with Crippen molar-refractivity contribution in [2.45, 2.75) is 5.60 Å². The lowest BCUT2D eigenvalue weighted by molar-refractivity contribution is 0.0251. The number of rotatable bonds is 10. The Morgan fingerprint density at radius 1 is 0.345 bits per heavy atom. The normalized spacial score (nSPS) is 12.8. The van der Waals surface area contributed by atoms with Crippen molar-refractivity contribution in [1.29, 1.82) is 0 Å². The van der Waals surface area contributed by atoms with Crippen LogP contribution >= 0.6 is 0 Å². The van der Waals surface area contributed by atoms with Crippen LogP contribution in [0.1, 0.15) is 27.0 Å². The molecule has 0 spiro atoms. The van der Waals surface area contributed by atoms with Crippen LogP contribution in [-0.4, -0.2) is 5.97 Å². The highest BCUT2D eigenvalue weighted by atomic mass is 16.6. The van der Waals surface area contributed by atoms with E-state index >= 15 is 0 Å². The summed E-state index contributed by atoms with van der Waals surface area (Å²) in [6.45, 7) is 0. The minimum absolute atomic E-state index is 0.382. The molecule has 9 aromatic rings. The van der Waals surface area contributed by atoms with Crippen molar-refractivity contribution >= 4 is 27.5 Å². The van der Waals surface area contributed by atoms with Crippen LogP contribution in [0.15, 0.2) is 206 Å². The smallest absolute Gasteiger partial charge is 0.340 e. The minimum Gasteiger partial charge on any atom is -0.457 e. The second kappa shape index (κ2) is 14.7. The first-order chi connectivity index (χ1) is 28.6. The van der Waals surface area contributed by atoms with Crippen molar-refractivity contribution < 1.29 is 28.5 Å². The quantitative estimate of drug-likeness (QED) is 0.130. The highest BCUT2D eigenvalue weighted by Crippen LogP contribution is 2.48. The average molecular weight is 755 g/mol. The lowest BCUT2D eigenvalue weighted by Crippen LogP contribution is -2.29. The van der Waals surface area contributed by atoms with Gasteiger partial charge in [-0.25, -0.2) is 4.79 Å². The molecule has 0 unspecified atom stereocenters. The van der Waals surface area contributed by atoms with Gasteiger partial charge in [0.25, 0.3) is 0 Å². The van der Waals surface area contributed by atoms with Gasteiger partial charge >= 0.3 is 5.97 Å². The van der Waals surface area contributed by atoms with E-state index in [-0.39, 0.29) is 5.97 Å². The summed E-state index contributed by atoms with van der Waals surface area (Å²) in [5.41, 5.74) is 1.69. The van der Waals surface area contributed by atoms with Gasteiger partial charge in [-0.15, -0.1) is 0 Å². The van der Waals surface area contributed by atoms with Gasteiger partial charge in [-0.2, -0.15) is 0 Å². The van der Waals surface area contributed by atoms with Gasteiger partial charge in [0.05, 0.1) is 5.56 Å². The summed E-state index contributed by atoms with van der Waals surface area (Å²) in [6.07, 6.45) is 0. The van der Waals surface area contributed by atoms with E-state index in [0.29, 0.717) is 40.1 Å². The summed E-state index contributed by atoms with van der Waals surface area (Å²) in [5.74, 6) is 5.21. The summed E-state index contributed by atoms with van der Waals surface area (Å²) in [7, 11) is 0. The Hall–Kier alpha value is -7.83. The predicted octanol–water partition coefficient (Wildman–Crippen LogP) is 13.6. The van der Waals surface area contributed by atoms with Crippen molar-refractivity contribution in [2.75, 3.05) is 0 Å². The Labute approximate surface area is 335 Å². The maximum absolute atomic E-state index is 13.4. The second-order valence-corrected chi connectivity index (χ2v) is 14.0. The standard InChI is InChI=1S/C52H34O6/c53-51-47-15-5-6-16-48(47)52(58-51,37-19-23-39(24-20-37)54-41-27-31-43(32-28-41)56-49-17-7-11-35-9-1-3-13-45(35)49)38-21-25-40(26-22-38)55-42-29-33-44(34-30-42)57-50-18-8-12-36-10-2-4-14-46(36)50/h1-34H. The highest BCUT2D eigenvalue weighted by molar-refractivity contribution is 5.96. The van der Waals surface area contributed by atoms with E-state index in [1.165, 1.54) is 0 Å². The minimum atomic E-state index is -1.17. The molecule has 0 radical (unpaired) electrons. The van der Waals surface area contributed by atoms with E-state index in [9.17, 15) is 4.79 Å². The van der Waals surface area contributed by atoms with E-state index in [1.54, 1.807) is 6.07 Å². The van der Waals surface area contributed by atoms with Gasteiger partial charge in [-0.05, 0) is 102 Å². The highest BCUT2D eigenvalue weighted by Gasteiger charge is 2.48. The van der Waals surface area contributed by atoms with Crippen molar-refractivity contribution in [1.82, 2.24) is 0 Å². The maximum Gasteiger partial charge on any atom is 0.340 e. The number of ether oxygens (including phenoxy) is 5. The molecular weight excluding hydrogens is 721 g/mol. The van der Waals surface area contributed by atoms with Gasteiger partial charge in [0.2, 0.25) is 0 Å². The molecule has 0 saturated carbocycles. The fourth-order valence-corrected chi connectivity index (χ4v) is 7.57. The number of fused-ring (bicyclic) bond motifs is 3. The van der Waals surface area contributed by atoms with Gasteiger partial charge in [-0.1, -0.05) is 115 Å².